The van der Waals surface area contributed by atoms with Gasteiger partial charge in [0.2, 0.25) is 0 Å². The smallest absolute Gasteiger partial charge is 0.0651 e. The second-order valence-electron chi connectivity index (χ2n) is 14.1. The van der Waals surface area contributed by atoms with Gasteiger partial charge in [-0.3, -0.25) is 4.98 Å². The van der Waals surface area contributed by atoms with E-state index in [4.69, 9.17) is 4.98 Å². The molecule has 0 unspecified atom stereocenters. The molecule has 47 heavy (non-hydrogen) atoms. The van der Waals surface area contributed by atoms with E-state index in [2.05, 4.69) is 166 Å². The lowest BCUT2D eigenvalue weighted by Crippen LogP contribution is -2.17. The van der Waals surface area contributed by atoms with Gasteiger partial charge in [0.25, 0.3) is 0 Å². The van der Waals surface area contributed by atoms with Crippen molar-refractivity contribution in [1.29, 1.82) is 0 Å². The van der Waals surface area contributed by atoms with Crippen LogP contribution in [0, 0.1) is 0 Å². The Morgan fingerprint density at radius 3 is 1.81 bits per heavy atom. The quantitative estimate of drug-likeness (QED) is 0.199. The Hall–Kier alpha value is -5.47. The van der Waals surface area contributed by atoms with Crippen molar-refractivity contribution in [3.63, 3.8) is 0 Å². The topological polar surface area (TPSA) is 16.1 Å². The molecular formula is C45H36N2. The third-order valence-corrected chi connectivity index (χ3v) is 10.7. The molecular weight excluding hydrogens is 569 g/mol. The van der Waals surface area contributed by atoms with E-state index in [0.29, 0.717) is 0 Å². The van der Waals surface area contributed by atoms with Crippen molar-refractivity contribution in [3.8, 4) is 33.4 Å². The van der Waals surface area contributed by atoms with Gasteiger partial charge in [0, 0.05) is 34.0 Å². The molecule has 0 aliphatic heterocycles. The Bertz CT molecular complexity index is 2360. The molecule has 2 aliphatic carbocycles. The molecule has 0 atom stereocenters. The third-order valence-electron chi connectivity index (χ3n) is 10.7. The van der Waals surface area contributed by atoms with E-state index in [0.717, 1.165) is 28.2 Å². The zero-order chi connectivity index (χ0) is 31.9. The van der Waals surface area contributed by atoms with Crippen molar-refractivity contribution in [1.82, 2.24) is 4.98 Å². The monoisotopic (exact) mass is 604 g/mol. The van der Waals surface area contributed by atoms with Crippen LogP contribution >= 0.6 is 0 Å². The molecule has 0 saturated heterocycles. The van der Waals surface area contributed by atoms with Gasteiger partial charge in [-0.25, -0.2) is 0 Å². The molecule has 0 N–H and O–H groups in total. The predicted molar refractivity (Wildman–Crippen MR) is 197 cm³/mol. The fourth-order valence-corrected chi connectivity index (χ4v) is 8.18. The summed E-state index contributed by atoms with van der Waals surface area (Å²) in [6, 6.07) is 49.2. The second-order valence-corrected chi connectivity index (χ2v) is 14.1. The van der Waals surface area contributed by atoms with Crippen LogP contribution in [0.4, 0.5) is 17.1 Å². The number of aromatic nitrogens is 1. The van der Waals surface area contributed by atoms with Crippen LogP contribution in [0.25, 0.3) is 44.2 Å². The summed E-state index contributed by atoms with van der Waals surface area (Å²) < 4.78 is 0. The molecule has 226 valence electrons. The van der Waals surface area contributed by atoms with Gasteiger partial charge in [-0.15, -0.1) is 0 Å². The maximum atomic E-state index is 4.79. The highest BCUT2D eigenvalue weighted by Gasteiger charge is 2.38. The van der Waals surface area contributed by atoms with E-state index in [1.165, 1.54) is 55.3 Å². The fraction of sp³-hybridized carbons (Fsp3) is 0.133. The minimum absolute atomic E-state index is 0.0871. The van der Waals surface area contributed by atoms with Crippen LogP contribution in [0.2, 0.25) is 0 Å². The van der Waals surface area contributed by atoms with Crippen LogP contribution in [-0.4, -0.2) is 4.98 Å². The van der Waals surface area contributed by atoms with Crippen molar-refractivity contribution in [2.45, 2.75) is 38.5 Å². The number of hydrogen-bond donors (Lipinski definition) is 0. The van der Waals surface area contributed by atoms with E-state index in [9.17, 15) is 0 Å². The third kappa shape index (κ3) is 4.14. The number of fused-ring (bicyclic) bond motifs is 7. The predicted octanol–water partition coefficient (Wildman–Crippen LogP) is 12.0. The molecule has 0 bridgehead atoms. The number of nitrogens with zero attached hydrogens (tertiary/aromatic N) is 2. The minimum atomic E-state index is -0.0975. The summed E-state index contributed by atoms with van der Waals surface area (Å²) >= 11 is 0. The van der Waals surface area contributed by atoms with E-state index >= 15 is 0 Å². The molecule has 9 rings (SSSR count). The number of pyridine rings is 1. The molecule has 1 aromatic heterocycles. The lowest BCUT2D eigenvalue weighted by Gasteiger charge is -2.29. The molecule has 1 heterocycles. The Kier molecular flexibility index (Phi) is 5.92. The molecule has 2 heteroatoms. The molecule has 0 fully saturated rings. The molecule has 2 aliphatic rings. The Morgan fingerprint density at radius 2 is 1.00 bits per heavy atom. The summed E-state index contributed by atoms with van der Waals surface area (Å²) in [5.41, 5.74) is 16.1. The maximum Gasteiger partial charge on any atom is 0.0651 e. The molecule has 7 aromatic rings. The Balaban J connectivity index is 1.26. The van der Waals surface area contributed by atoms with E-state index in [1.807, 2.05) is 12.4 Å². The van der Waals surface area contributed by atoms with Crippen molar-refractivity contribution in [2.24, 2.45) is 0 Å². The van der Waals surface area contributed by atoms with Crippen LogP contribution in [-0.2, 0) is 10.8 Å². The molecule has 6 aromatic carbocycles. The van der Waals surface area contributed by atoms with Crippen LogP contribution in [0.1, 0.15) is 49.9 Å². The molecule has 0 amide bonds. The Labute approximate surface area is 277 Å². The van der Waals surface area contributed by atoms with Gasteiger partial charge in [-0.05, 0) is 103 Å². The van der Waals surface area contributed by atoms with E-state index in [1.54, 1.807) is 0 Å². The summed E-state index contributed by atoms with van der Waals surface area (Å²) in [7, 11) is 0. The fourth-order valence-electron chi connectivity index (χ4n) is 8.18. The summed E-state index contributed by atoms with van der Waals surface area (Å²) in [6.07, 6.45) is 3.96. The largest absolute Gasteiger partial charge is 0.309 e. The number of rotatable bonds is 4. The highest BCUT2D eigenvalue weighted by atomic mass is 15.1. The van der Waals surface area contributed by atoms with Gasteiger partial charge in [0.05, 0.1) is 11.9 Å². The van der Waals surface area contributed by atoms with Crippen molar-refractivity contribution < 1.29 is 0 Å². The van der Waals surface area contributed by atoms with Gasteiger partial charge in [0.1, 0.15) is 0 Å². The van der Waals surface area contributed by atoms with Crippen LogP contribution < -0.4 is 4.90 Å². The molecule has 0 radical (unpaired) electrons. The molecule has 0 spiro atoms. The van der Waals surface area contributed by atoms with Gasteiger partial charge < -0.3 is 4.90 Å². The summed E-state index contributed by atoms with van der Waals surface area (Å²) in [4.78, 5) is 7.18. The molecule has 0 saturated carbocycles. The zero-order valence-corrected chi connectivity index (χ0v) is 27.3. The lowest BCUT2D eigenvalue weighted by molar-refractivity contribution is 0.660. The SMILES string of the molecule is CC1(C)c2ccccc2-c2ccc(N(c3cncc(-c4ccccc4)c3)c3ccc4c(c3)-c3cc5ccccc5cc3C4(C)C)cc21. The van der Waals surface area contributed by atoms with Gasteiger partial charge in [-0.2, -0.15) is 0 Å². The first kappa shape index (κ1) is 27.8. The second kappa shape index (κ2) is 10.0. The standard InChI is InChI=1S/C45H36N2/c1-44(2)40-17-11-10-16-36(40)37-20-18-34(26-43(37)44)47(35-22-32(27-46-28-35)29-12-6-5-7-13-29)33-19-21-41-39(25-33)38-23-30-14-8-9-15-31(30)24-42(38)45(41,3)4/h5-28H,1-4H3. The Morgan fingerprint density at radius 1 is 0.404 bits per heavy atom. The number of anilines is 3. The van der Waals surface area contributed by atoms with Crippen molar-refractivity contribution in [2.75, 3.05) is 4.90 Å². The normalized spacial score (nSPS) is 14.7. The average Bonchev–Trinajstić information content (AvgIpc) is 3.46. The van der Waals surface area contributed by atoms with Gasteiger partial charge in [-0.1, -0.05) is 119 Å². The van der Waals surface area contributed by atoms with Crippen molar-refractivity contribution >= 4 is 27.8 Å². The average molecular weight is 605 g/mol. The van der Waals surface area contributed by atoms with Gasteiger partial charge >= 0.3 is 0 Å². The van der Waals surface area contributed by atoms with Gasteiger partial charge in [0.15, 0.2) is 0 Å². The first-order valence-electron chi connectivity index (χ1n) is 16.5. The van der Waals surface area contributed by atoms with Crippen LogP contribution in [0.5, 0.6) is 0 Å². The summed E-state index contributed by atoms with van der Waals surface area (Å²) in [6.45, 7) is 9.42. The van der Waals surface area contributed by atoms with Crippen LogP contribution in [0.3, 0.4) is 0 Å². The lowest BCUT2D eigenvalue weighted by atomic mass is 9.82. The highest BCUT2D eigenvalue weighted by molar-refractivity contribution is 5.95. The van der Waals surface area contributed by atoms with E-state index in [-0.39, 0.29) is 10.8 Å². The first-order valence-corrected chi connectivity index (χ1v) is 16.5. The summed E-state index contributed by atoms with van der Waals surface area (Å²) in [5, 5.41) is 2.57. The van der Waals surface area contributed by atoms with E-state index < -0.39 is 0 Å². The maximum absolute atomic E-state index is 4.79. The van der Waals surface area contributed by atoms with Crippen molar-refractivity contribution in [3.05, 3.63) is 168 Å². The summed E-state index contributed by atoms with van der Waals surface area (Å²) in [5.74, 6) is 0. The van der Waals surface area contributed by atoms with Crippen LogP contribution in [0.15, 0.2) is 146 Å². The highest BCUT2D eigenvalue weighted by Crippen LogP contribution is 2.53. The minimum Gasteiger partial charge on any atom is -0.309 e. The zero-order valence-electron chi connectivity index (χ0n) is 27.3. The molecule has 2 nitrogen and oxygen atoms in total. The first-order chi connectivity index (χ1) is 22.8. The number of benzene rings is 6. The number of hydrogen-bond acceptors (Lipinski definition) is 2.